The summed E-state index contributed by atoms with van der Waals surface area (Å²) >= 11 is 0. The van der Waals surface area contributed by atoms with E-state index in [2.05, 4.69) is 5.32 Å². The molecule has 1 heterocycles. The van der Waals surface area contributed by atoms with Gasteiger partial charge in [0.15, 0.2) is 0 Å². The van der Waals surface area contributed by atoms with Crippen molar-refractivity contribution in [1.29, 1.82) is 0 Å². The summed E-state index contributed by atoms with van der Waals surface area (Å²) < 4.78 is 9.29. The van der Waals surface area contributed by atoms with Gasteiger partial charge in [-0.3, -0.25) is 13.9 Å². The van der Waals surface area contributed by atoms with Gasteiger partial charge in [-0.05, 0) is 35.7 Å². The van der Waals surface area contributed by atoms with Crippen LogP contribution >= 0.6 is 0 Å². The summed E-state index contributed by atoms with van der Waals surface area (Å²) in [5.41, 5.74) is 4.89. The highest BCUT2D eigenvalue weighted by Gasteiger charge is 2.13. The number of carbonyl (C=O) groups is 1. The van der Waals surface area contributed by atoms with Crippen molar-refractivity contribution in [2.45, 2.75) is 46.2 Å². The SMILES string of the molecule is CCn1c(=O)n(CCC(=O)NCc2ccccc2COCc2ccccc2)c2ccccc21. The molecular formula is C27H29N3O3. The molecule has 0 fully saturated rings. The summed E-state index contributed by atoms with van der Waals surface area (Å²) in [6, 6.07) is 25.7. The van der Waals surface area contributed by atoms with Crippen LogP contribution < -0.4 is 11.0 Å². The zero-order chi connectivity index (χ0) is 23.0. The third-order valence-electron chi connectivity index (χ3n) is 5.77. The number of nitrogens with one attached hydrogen (secondary N) is 1. The first kappa shape index (κ1) is 22.6. The lowest BCUT2D eigenvalue weighted by molar-refractivity contribution is -0.121. The van der Waals surface area contributed by atoms with E-state index in [1.165, 1.54) is 0 Å². The first-order chi connectivity index (χ1) is 16.2. The van der Waals surface area contributed by atoms with Crippen molar-refractivity contribution in [2.24, 2.45) is 0 Å². The summed E-state index contributed by atoms with van der Waals surface area (Å²) in [5, 5.41) is 2.99. The van der Waals surface area contributed by atoms with Gasteiger partial charge in [-0.25, -0.2) is 4.79 Å². The molecule has 6 nitrogen and oxygen atoms in total. The molecule has 0 atom stereocenters. The van der Waals surface area contributed by atoms with Crippen molar-refractivity contribution in [1.82, 2.24) is 14.5 Å². The Morgan fingerprint density at radius 1 is 0.818 bits per heavy atom. The van der Waals surface area contributed by atoms with E-state index in [-0.39, 0.29) is 18.0 Å². The molecule has 0 saturated heterocycles. The molecule has 0 unspecified atom stereocenters. The molecule has 6 heteroatoms. The highest BCUT2D eigenvalue weighted by molar-refractivity contribution is 5.78. The molecule has 170 valence electrons. The predicted octanol–water partition coefficient (Wildman–Crippen LogP) is 4.25. The third kappa shape index (κ3) is 5.41. The van der Waals surface area contributed by atoms with E-state index in [0.29, 0.717) is 32.8 Å². The number of hydrogen-bond donors (Lipinski definition) is 1. The number of aromatic nitrogens is 2. The van der Waals surface area contributed by atoms with Crippen molar-refractivity contribution in [3.63, 3.8) is 0 Å². The lowest BCUT2D eigenvalue weighted by Gasteiger charge is -2.12. The van der Waals surface area contributed by atoms with Crippen molar-refractivity contribution < 1.29 is 9.53 Å². The van der Waals surface area contributed by atoms with E-state index in [1.807, 2.05) is 85.8 Å². The molecule has 4 aromatic rings. The molecular weight excluding hydrogens is 414 g/mol. The van der Waals surface area contributed by atoms with Gasteiger partial charge in [-0.2, -0.15) is 0 Å². The number of nitrogens with zero attached hydrogens (tertiary/aromatic N) is 2. The van der Waals surface area contributed by atoms with Crippen molar-refractivity contribution in [3.8, 4) is 0 Å². The fourth-order valence-corrected chi connectivity index (χ4v) is 4.01. The lowest BCUT2D eigenvalue weighted by Crippen LogP contribution is -2.28. The van der Waals surface area contributed by atoms with E-state index in [1.54, 1.807) is 9.13 Å². The van der Waals surface area contributed by atoms with Crippen LogP contribution in [0.25, 0.3) is 11.0 Å². The standard InChI is InChI=1S/C27H29N3O3/c1-2-29-24-14-8-9-15-25(24)30(27(29)32)17-16-26(31)28-18-22-12-6-7-13-23(22)20-33-19-21-10-4-3-5-11-21/h3-15H,2,16-20H2,1H3,(H,28,31). The highest BCUT2D eigenvalue weighted by Crippen LogP contribution is 2.14. The largest absolute Gasteiger partial charge is 0.372 e. The molecule has 33 heavy (non-hydrogen) atoms. The van der Waals surface area contributed by atoms with E-state index in [0.717, 1.165) is 27.7 Å². The Hall–Kier alpha value is -3.64. The molecule has 3 aromatic carbocycles. The maximum Gasteiger partial charge on any atom is 0.329 e. The summed E-state index contributed by atoms with van der Waals surface area (Å²) in [6.07, 6.45) is 0.240. The summed E-state index contributed by atoms with van der Waals surface area (Å²) in [5.74, 6) is -0.0877. The van der Waals surface area contributed by atoms with Gasteiger partial charge >= 0.3 is 5.69 Å². The van der Waals surface area contributed by atoms with Crippen LogP contribution in [0.3, 0.4) is 0 Å². The number of hydrogen-bond acceptors (Lipinski definition) is 3. The topological polar surface area (TPSA) is 65.3 Å². The Morgan fingerprint density at radius 2 is 1.45 bits per heavy atom. The second-order valence-electron chi connectivity index (χ2n) is 7.94. The molecule has 0 spiro atoms. The number of amides is 1. The first-order valence-electron chi connectivity index (χ1n) is 11.3. The van der Waals surface area contributed by atoms with Crippen LogP contribution in [-0.2, 0) is 42.4 Å². The van der Waals surface area contributed by atoms with Crippen LogP contribution in [0.1, 0.15) is 30.0 Å². The van der Waals surface area contributed by atoms with Gasteiger partial charge in [0.25, 0.3) is 0 Å². The predicted molar refractivity (Wildman–Crippen MR) is 130 cm³/mol. The van der Waals surface area contributed by atoms with E-state index in [9.17, 15) is 9.59 Å². The van der Waals surface area contributed by atoms with Gasteiger partial charge in [0.1, 0.15) is 0 Å². The summed E-state index contributed by atoms with van der Waals surface area (Å²) in [7, 11) is 0. The zero-order valence-electron chi connectivity index (χ0n) is 18.9. The monoisotopic (exact) mass is 443 g/mol. The molecule has 4 rings (SSSR count). The second-order valence-corrected chi connectivity index (χ2v) is 7.94. The van der Waals surface area contributed by atoms with Gasteiger partial charge in [0.2, 0.25) is 5.91 Å². The number of para-hydroxylation sites is 2. The second kappa shape index (κ2) is 10.8. The fraction of sp³-hybridized carbons (Fsp3) is 0.259. The van der Waals surface area contributed by atoms with E-state index in [4.69, 9.17) is 4.74 Å². The Kier molecular flexibility index (Phi) is 7.37. The molecule has 0 aliphatic carbocycles. The number of imidazole rings is 1. The van der Waals surface area contributed by atoms with E-state index >= 15 is 0 Å². The Balaban J connectivity index is 1.33. The van der Waals surface area contributed by atoms with E-state index < -0.39 is 0 Å². The van der Waals surface area contributed by atoms with Crippen LogP contribution in [0.5, 0.6) is 0 Å². The first-order valence-corrected chi connectivity index (χ1v) is 11.3. The molecule has 0 saturated carbocycles. The van der Waals surface area contributed by atoms with Gasteiger partial charge in [-0.1, -0.05) is 66.7 Å². The quantitative estimate of drug-likeness (QED) is 0.399. The van der Waals surface area contributed by atoms with Crippen LogP contribution in [-0.4, -0.2) is 15.0 Å². The molecule has 1 N–H and O–H groups in total. The van der Waals surface area contributed by atoms with Crippen molar-refractivity contribution in [3.05, 3.63) is 106 Å². The average molecular weight is 444 g/mol. The van der Waals surface area contributed by atoms with Crippen LogP contribution in [0.15, 0.2) is 83.7 Å². The summed E-state index contributed by atoms with van der Waals surface area (Å²) in [6.45, 7) is 4.34. The minimum atomic E-state index is -0.0877. The molecule has 0 bridgehead atoms. The van der Waals surface area contributed by atoms with Gasteiger partial charge in [0, 0.05) is 26.1 Å². The Morgan fingerprint density at radius 3 is 2.18 bits per heavy atom. The van der Waals surface area contributed by atoms with Gasteiger partial charge < -0.3 is 10.1 Å². The Bertz CT molecular complexity index is 1270. The number of rotatable bonds is 10. The maximum absolute atomic E-state index is 12.7. The Labute approximate surface area is 193 Å². The van der Waals surface area contributed by atoms with Gasteiger partial charge in [0.05, 0.1) is 24.2 Å². The van der Waals surface area contributed by atoms with Gasteiger partial charge in [-0.15, -0.1) is 0 Å². The minimum Gasteiger partial charge on any atom is -0.372 e. The number of carbonyl (C=O) groups excluding carboxylic acids is 1. The lowest BCUT2D eigenvalue weighted by atomic mass is 10.1. The summed E-state index contributed by atoms with van der Waals surface area (Å²) in [4.78, 5) is 25.3. The van der Waals surface area contributed by atoms with Crippen LogP contribution in [0.2, 0.25) is 0 Å². The molecule has 1 amide bonds. The smallest absolute Gasteiger partial charge is 0.329 e. The average Bonchev–Trinajstić information content (AvgIpc) is 3.13. The zero-order valence-corrected chi connectivity index (χ0v) is 18.9. The molecule has 0 aliphatic heterocycles. The number of fused-ring (bicyclic) bond motifs is 1. The maximum atomic E-state index is 12.7. The van der Waals surface area contributed by atoms with Crippen molar-refractivity contribution in [2.75, 3.05) is 0 Å². The van der Waals surface area contributed by atoms with Crippen LogP contribution in [0, 0.1) is 0 Å². The molecule has 1 aromatic heterocycles. The van der Waals surface area contributed by atoms with Crippen LogP contribution in [0.4, 0.5) is 0 Å². The number of aryl methyl sites for hydroxylation is 2. The number of benzene rings is 3. The molecule has 0 aliphatic rings. The van der Waals surface area contributed by atoms with Crippen molar-refractivity contribution >= 4 is 16.9 Å². The number of ether oxygens (including phenoxy) is 1. The highest BCUT2D eigenvalue weighted by atomic mass is 16.5. The minimum absolute atomic E-state index is 0.0765. The molecule has 0 radical (unpaired) electrons. The normalized spacial score (nSPS) is 11.1. The fourth-order valence-electron chi connectivity index (χ4n) is 4.01. The third-order valence-corrected chi connectivity index (χ3v) is 5.77.